The second-order valence-corrected chi connectivity index (χ2v) is 6.43. The molecule has 3 rings (SSSR count). The maximum atomic E-state index is 14.4. The van der Waals surface area contributed by atoms with E-state index in [-0.39, 0.29) is 11.7 Å². The number of carbonyl (C=O) groups is 1. The quantitative estimate of drug-likeness (QED) is 0.845. The Hall–Kier alpha value is -2.37. The number of imidazole rings is 1. The zero-order valence-electron chi connectivity index (χ0n) is 14.3. The van der Waals surface area contributed by atoms with Gasteiger partial charge in [0.15, 0.2) is 0 Å². The summed E-state index contributed by atoms with van der Waals surface area (Å²) in [5.41, 5.74) is 1.06. The van der Waals surface area contributed by atoms with Gasteiger partial charge in [-0.1, -0.05) is 13.8 Å². The van der Waals surface area contributed by atoms with Gasteiger partial charge in [0.1, 0.15) is 11.4 Å². The van der Waals surface area contributed by atoms with Crippen LogP contribution in [0.1, 0.15) is 30.9 Å². The van der Waals surface area contributed by atoms with Crippen molar-refractivity contribution in [3.63, 3.8) is 0 Å². The van der Waals surface area contributed by atoms with Crippen molar-refractivity contribution in [1.29, 1.82) is 0 Å². The summed E-state index contributed by atoms with van der Waals surface area (Å²) in [5.74, 6) is 0.614. The van der Waals surface area contributed by atoms with Crippen LogP contribution in [0, 0.1) is 11.9 Å². The molecular weight excluding hydrogens is 309 g/mol. The highest BCUT2D eigenvalue weighted by molar-refractivity contribution is 5.92. The molecule has 1 aromatic heterocycles. The van der Waals surface area contributed by atoms with Crippen LogP contribution >= 0.6 is 0 Å². The molecule has 128 valence electrons. The number of carbonyl (C=O) groups excluding carboxylic acids is 1. The van der Waals surface area contributed by atoms with Crippen LogP contribution < -0.4 is 4.74 Å². The lowest BCUT2D eigenvalue weighted by Gasteiger charge is -2.28. The highest BCUT2D eigenvalue weighted by Gasteiger charge is 2.30. The molecule has 0 fully saturated rings. The third-order valence-electron chi connectivity index (χ3n) is 4.34. The molecule has 6 heteroatoms. The number of methoxy groups -OCH3 is 1. The van der Waals surface area contributed by atoms with E-state index >= 15 is 0 Å². The third-order valence-corrected chi connectivity index (χ3v) is 4.34. The number of nitrogens with zero attached hydrogens (tertiary/aromatic N) is 3. The lowest BCUT2D eigenvalue weighted by atomic mass is 10.1. The molecular formula is C18H22FN3O2. The number of amides is 1. The van der Waals surface area contributed by atoms with Crippen molar-refractivity contribution < 1.29 is 13.9 Å². The van der Waals surface area contributed by atoms with Crippen molar-refractivity contribution in [3.05, 3.63) is 36.0 Å². The maximum Gasteiger partial charge on any atom is 0.290 e. The highest BCUT2D eigenvalue weighted by atomic mass is 19.1. The summed E-state index contributed by atoms with van der Waals surface area (Å²) in [4.78, 5) is 18.2. The molecule has 2 heterocycles. The Morgan fingerprint density at radius 2 is 1.96 bits per heavy atom. The average Bonchev–Trinajstić information content (AvgIpc) is 2.91. The molecule has 2 aromatic rings. The maximum absolute atomic E-state index is 14.4. The van der Waals surface area contributed by atoms with Gasteiger partial charge < -0.3 is 14.2 Å². The van der Waals surface area contributed by atoms with Gasteiger partial charge in [-0.25, -0.2) is 0 Å². The molecule has 1 amide bonds. The van der Waals surface area contributed by atoms with Crippen LogP contribution in [0.5, 0.6) is 5.75 Å². The van der Waals surface area contributed by atoms with Crippen LogP contribution in [-0.2, 0) is 6.54 Å². The van der Waals surface area contributed by atoms with Gasteiger partial charge in [-0.3, -0.25) is 4.79 Å². The Balaban J connectivity index is 1.90. The van der Waals surface area contributed by atoms with Crippen LogP contribution in [0.15, 0.2) is 24.3 Å². The van der Waals surface area contributed by atoms with Gasteiger partial charge in [-0.05, 0) is 36.6 Å². The molecule has 24 heavy (non-hydrogen) atoms. The minimum atomic E-state index is -0.603. The van der Waals surface area contributed by atoms with E-state index in [9.17, 15) is 9.18 Å². The van der Waals surface area contributed by atoms with Gasteiger partial charge in [0, 0.05) is 25.2 Å². The lowest BCUT2D eigenvalue weighted by molar-refractivity contribution is 0.0689. The number of fused-ring (bicyclic) bond motifs is 1. The molecule has 0 bridgehead atoms. The number of hydrogen-bond donors (Lipinski definition) is 0. The zero-order chi connectivity index (χ0) is 17.3. The number of aromatic nitrogens is 2. The van der Waals surface area contributed by atoms with E-state index in [2.05, 4.69) is 18.8 Å². The van der Waals surface area contributed by atoms with E-state index < -0.39 is 5.95 Å². The lowest BCUT2D eigenvalue weighted by Crippen LogP contribution is -2.41. The zero-order valence-corrected chi connectivity index (χ0v) is 14.3. The first-order chi connectivity index (χ1) is 11.5. The predicted molar refractivity (Wildman–Crippen MR) is 89.5 cm³/mol. The van der Waals surface area contributed by atoms with Crippen molar-refractivity contribution in [2.45, 2.75) is 26.8 Å². The Bertz CT molecular complexity index is 737. The monoisotopic (exact) mass is 331 g/mol. The summed E-state index contributed by atoms with van der Waals surface area (Å²) < 4.78 is 21.2. The first-order valence-electron chi connectivity index (χ1n) is 8.21. The molecule has 5 nitrogen and oxygen atoms in total. The van der Waals surface area contributed by atoms with Crippen LogP contribution in [0.4, 0.5) is 4.39 Å². The molecule has 1 aromatic carbocycles. The van der Waals surface area contributed by atoms with Crippen LogP contribution in [0.3, 0.4) is 0 Å². The molecule has 0 radical (unpaired) electrons. The van der Waals surface area contributed by atoms with Crippen molar-refractivity contribution >= 4 is 5.91 Å². The Kier molecular flexibility index (Phi) is 4.55. The van der Waals surface area contributed by atoms with Gasteiger partial charge in [-0.2, -0.15) is 9.37 Å². The highest BCUT2D eigenvalue weighted by Crippen LogP contribution is 2.28. The molecule has 1 aliphatic rings. The van der Waals surface area contributed by atoms with Crippen LogP contribution in [0.2, 0.25) is 0 Å². The Morgan fingerprint density at radius 3 is 2.58 bits per heavy atom. The number of ether oxygens (including phenoxy) is 1. The molecule has 0 atom stereocenters. The first kappa shape index (κ1) is 16.5. The fraction of sp³-hybridized carbons (Fsp3) is 0.444. The molecule has 0 spiro atoms. The second-order valence-electron chi connectivity index (χ2n) is 6.43. The van der Waals surface area contributed by atoms with Gasteiger partial charge >= 0.3 is 0 Å². The number of benzene rings is 1. The fourth-order valence-electron chi connectivity index (χ4n) is 2.92. The Labute approximate surface area is 141 Å². The summed E-state index contributed by atoms with van der Waals surface area (Å²) in [6.07, 6.45) is 0.931. The van der Waals surface area contributed by atoms with Crippen molar-refractivity contribution in [3.8, 4) is 17.0 Å². The van der Waals surface area contributed by atoms with Crippen molar-refractivity contribution in [1.82, 2.24) is 14.5 Å². The van der Waals surface area contributed by atoms with Crippen molar-refractivity contribution in [2.24, 2.45) is 5.92 Å². The van der Waals surface area contributed by atoms with E-state index in [1.165, 1.54) is 0 Å². The molecule has 1 aliphatic heterocycles. The van der Waals surface area contributed by atoms with E-state index in [4.69, 9.17) is 4.74 Å². The van der Waals surface area contributed by atoms with Gasteiger partial charge in [-0.15, -0.1) is 0 Å². The van der Waals surface area contributed by atoms with Gasteiger partial charge in [0.05, 0.1) is 7.11 Å². The number of halogens is 1. The summed E-state index contributed by atoms with van der Waals surface area (Å²) >= 11 is 0. The van der Waals surface area contributed by atoms with Gasteiger partial charge in [0.25, 0.3) is 5.91 Å². The predicted octanol–water partition coefficient (Wildman–Crippen LogP) is 3.20. The number of hydrogen-bond acceptors (Lipinski definition) is 3. The summed E-state index contributed by atoms with van der Waals surface area (Å²) in [5, 5.41) is 0. The fourth-order valence-corrected chi connectivity index (χ4v) is 2.92. The van der Waals surface area contributed by atoms with Crippen LogP contribution in [-0.4, -0.2) is 40.6 Å². The molecule has 0 unspecified atom stereocenters. The van der Waals surface area contributed by atoms with Crippen molar-refractivity contribution in [2.75, 3.05) is 20.2 Å². The standard InChI is InChI=1S/C18H22FN3O2/c1-12(2)8-9-21-10-11-22-15(16(19)20-17(22)18(21)23)13-4-6-14(24-3)7-5-13/h4-7,12H,8-11H2,1-3H3. The first-order valence-corrected chi connectivity index (χ1v) is 8.21. The topological polar surface area (TPSA) is 47.4 Å². The average molecular weight is 331 g/mol. The molecule has 0 aliphatic carbocycles. The molecule has 0 saturated carbocycles. The summed E-state index contributed by atoms with van der Waals surface area (Å²) in [6.45, 7) is 6.06. The van der Waals surface area contributed by atoms with Gasteiger partial charge in [0.2, 0.25) is 11.8 Å². The number of rotatable bonds is 5. The summed E-state index contributed by atoms with van der Waals surface area (Å²) in [6, 6.07) is 7.10. The van der Waals surface area contributed by atoms with E-state index in [0.29, 0.717) is 42.6 Å². The normalized spacial score (nSPS) is 14.2. The minimum absolute atomic E-state index is 0.188. The van der Waals surface area contributed by atoms with E-state index in [0.717, 1.165) is 6.42 Å². The second kappa shape index (κ2) is 6.63. The molecule has 0 N–H and O–H groups in total. The van der Waals surface area contributed by atoms with Crippen LogP contribution in [0.25, 0.3) is 11.3 Å². The largest absolute Gasteiger partial charge is 0.497 e. The van der Waals surface area contributed by atoms with E-state index in [1.807, 2.05) is 0 Å². The SMILES string of the molecule is COc1ccc(-c2c(F)nc3n2CCN(CCC(C)C)C3=O)cc1. The smallest absolute Gasteiger partial charge is 0.290 e. The minimum Gasteiger partial charge on any atom is -0.497 e. The Morgan fingerprint density at radius 1 is 1.25 bits per heavy atom. The molecule has 0 saturated heterocycles. The van der Waals surface area contributed by atoms with E-state index in [1.54, 1.807) is 40.8 Å². The summed E-state index contributed by atoms with van der Waals surface area (Å²) in [7, 11) is 1.58. The third kappa shape index (κ3) is 3.00.